The Hall–Kier alpha value is 0.610. The molecular weight excluding hydrogens is 499 g/mol. The van der Waals surface area contributed by atoms with E-state index < -0.39 is 23.7 Å². The number of hydrogen-bond donors (Lipinski definition) is 0. The predicted octanol–water partition coefficient (Wildman–Crippen LogP) is 7.45. The van der Waals surface area contributed by atoms with Crippen LogP contribution in [0.2, 0.25) is 0 Å². The van der Waals surface area contributed by atoms with Gasteiger partial charge in [0.2, 0.25) is 0 Å². The van der Waals surface area contributed by atoms with Crippen LogP contribution in [-0.4, -0.2) is 69.7 Å². The Bertz CT molecular complexity index is 557. The number of unbranched alkanes of at least 4 members (excludes halogenated alkanes) is 2. The fraction of sp³-hybridized carbons (Fsp3) is 1.00. The maximum atomic E-state index is 12.2. The Morgan fingerprint density at radius 1 is 0.618 bits per heavy atom. The number of rotatable bonds is 21. The summed E-state index contributed by atoms with van der Waals surface area (Å²) in [5.74, 6) is 0. The highest BCUT2D eigenvalue weighted by molar-refractivity contribution is 7.54. The summed E-state index contributed by atoms with van der Waals surface area (Å²) in [4.78, 5) is 0. The molecule has 0 aromatic carbocycles. The van der Waals surface area contributed by atoms with Gasteiger partial charge in [-0.05, 0) is 67.2 Å². The molecule has 0 aromatic rings. The third-order valence-electron chi connectivity index (χ3n) is 5.48. The van der Waals surface area contributed by atoms with E-state index in [2.05, 4.69) is 46.2 Å². The fourth-order valence-corrected chi connectivity index (χ4v) is 7.61. The van der Waals surface area contributed by atoms with Crippen LogP contribution in [0.3, 0.4) is 0 Å². The van der Waals surface area contributed by atoms with E-state index in [1.165, 1.54) is 28.4 Å². The molecule has 0 aliphatic heterocycles. The lowest BCUT2D eigenvalue weighted by Gasteiger charge is -2.38. The van der Waals surface area contributed by atoms with Gasteiger partial charge >= 0.3 is 15.2 Å². The minimum absolute atomic E-state index is 0.00271. The van der Waals surface area contributed by atoms with Crippen molar-refractivity contribution in [2.45, 2.75) is 104 Å². The van der Waals surface area contributed by atoms with Gasteiger partial charge in [-0.2, -0.15) is 0 Å². The van der Waals surface area contributed by atoms with Gasteiger partial charge in [0.05, 0.1) is 24.5 Å². The van der Waals surface area contributed by atoms with Crippen molar-refractivity contribution in [3.8, 4) is 0 Å². The molecule has 0 N–H and O–H groups in total. The minimum atomic E-state index is -2.96. The first kappa shape index (κ1) is 34.6. The SMILES string of the molecule is COP(=O)(CCCC[C@H](C)OP(O[C@@H](C)CCCCP(=O)(OC)OC)N(C(C)C)C(C)C)OC. The smallest absolute Gasteiger partial charge is 0.319 e. The number of hydrogen-bond acceptors (Lipinski definition) is 9. The van der Waals surface area contributed by atoms with Crippen molar-refractivity contribution in [1.82, 2.24) is 4.67 Å². The summed E-state index contributed by atoms with van der Waals surface area (Å²) in [5.41, 5.74) is 0. The fourth-order valence-electron chi connectivity index (χ4n) is 3.51. The zero-order valence-corrected chi connectivity index (χ0v) is 25.7. The lowest BCUT2D eigenvalue weighted by atomic mass is 10.2. The second kappa shape index (κ2) is 18.0. The number of nitrogens with zero attached hydrogens (tertiary/aromatic N) is 1. The van der Waals surface area contributed by atoms with Crippen LogP contribution in [0.4, 0.5) is 0 Å². The monoisotopic (exact) mass is 549 g/mol. The summed E-state index contributed by atoms with van der Waals surface area (Å²) in [6.07, 6.45) is 5.66. The van der Waals surface area contributed by atoms with Crippen molar-refractivity contribution >= 4 is 23.7 Å². The van der Waals surface area contributed by atoms with E-state index in [-0.39, 0.29) is 24.3 Å². The van der Waals surface area contributed by atoms with Gasteiger partial charge in [0.25, 0.3) is 8.53 Å². The Balaban J connectivity index is 4.86. The van der Waals surface area contributed by atoms with Crippen LogP contribution in [0.5, 0.6) is 0 Å². The molecule has 0 unspecified atom stereocenters. The van der Waals surface area contributed by atoms with Crippen molar-refractivity contribution in [3.05, 3.63) is 0 Å². The van der Waals surface area contributed by atoms with Crippen LogP contribution >= 0.6 is 23.7 Å². The molecule has 206 valence electrons. The Morgan fingerprint density at radius 3 is 1.21 bits per heavy atom. The maximum Gasteiger partial charge on any atom is 0.330 e. The summed E-state index contributed by atoms with van der Waals surface area (Å²) in [5, 5.41) is 0. The first-order chi connectivity index (χ1) is 15.9. The Labute approximate surface area is 209 Å². The van der Waals surface area contributed by atoms with Gasteiger partial charge in [-0.15, -0.1) is 0 Å². The van der Waals surface area contributed by atoms with Crippen LogP contribution in [0.1, 0.15) is 80.1 Å². The third kappa shape index (κ3) is 13.8. The van der Waals surface area contributed by atoms with E-state index in [9.17, 15) is 9.13 Å². The Kier molecular flexibility index (Phi) is 18.3. The first-order valence-corrected chi connectivity index (χ1v) is 16.8. The van der Waals surface area contributed by atoms with Crippen molar-refractivity contribution in [2.24, 2.45) is 0 Å². The van der Waals surface area contributed by atoms with Gasteiger partial charge < -0.3 is 27.1 Å². The summed E-state index contributed by atoms with van der Waals surface area (Å²) >= 11 is 0. The molecule has 0 saturated carbocycles. The normalized spacial score (nSPS) is 15.1. The topological polar surface area (TPSA) is 92.8 Å². The van der Waals surface area contributed by atoms with Crippen molar-refractivity contribution < 1.29 is 36.3 Å². The van der Waals surface area contributed by atoms with E-state index in [4.69, 9.17) is 27.1 Å². The standard InChI is InChI=1S/C22H50NO8P3/c1-19(2)23(20(3)4)32(30-21(5)15-11-13-17-33(24,26-7)27-8)31-22(6)16-12-14-18-34(25,28-9)29-10/h19-22H,11-18H2,1-10H3/t21-,22-/m0/s1. The molecule has 0 aliphatic carbocycles. The van der Waals surface area contributed by atoms with Crippen LogP contribution in [0.25, 0.3) is 0 Å². The molecule has 2 atom stereocenters. The quantitative estimate of drug-likeness (QED) is 0.107. The molecule has 12 heteroatoms. The molecule has 0 aliphatic rings. The summed E-state index contributed by atoms with van der Waals surface area (Å²) in [7, 11) is -1.50. The Morgan fingerprint density at radius 2 is 0.941 bits per heavy atom. The van der Waals surface area contributed by atoms with Gasteiger partial charge in [-0.25, -0.2) is 4.67 Å². The molecule has 0 amide bonds. The average molecular weight is 550 g/mol. The highest BCUT2D eigenvalue weighted by Gasteiger charge is 2.30. The summed E-state index contributed by atoms with van der Waals surface area (Å²) < 4.78 is 59.6. The molecule has 0 aromatic heterocycles. The van der Waals surface area contributed by atoms with E-state index in [1.807, 2.05) is 0 Å². The molecule has 0 spiro atoms. The summed E-state index contributed by atoms with van der Waals surface area (Å²) in [6.45, 7) is 12.7. The summed E-state index contributed by atoms with van der Waals surface area (Å²) in [6, 6.07) is 0.545. The zero-order chi connectivity index (χ0) is 26.4. The molecule has 0 bridgehead atoms. The van der Waals surface area contributed by atoms with Gasteiger partial charge in [0.1, 0.15) is 0 Å². The molecule has 9 nitrogen and oxygen atoms in total. The third-order valence-corrected chi connectivity index (χ3v) is 11.8. The van der Waals surface area contributed by atoms with E-state index in [0.29, 0.717) is 12.3 Å². The van der Waals surface area contributed by atoms with Crippen molar-refractivity contribution in [2.75, 3.05) is 40.8 Å². The molecule has 0 rings (SSSR count). The largest absolute Gasteiger partial charge is 0.330 e. The van der Waals surface area contributed by atoms with Crippen molar-refractivity contribution in [1.29, 1.82) is 0 Å². The first-order valence-electron chi connectivity index (χ1n) is 12.2. The van der Waals surface area contributed by atoms with Gasteiger partial charge in [-0.3, -0.25) is 9.13 Å². The van der Waals surface area contributed by atoms with Crippen LogP contribution in [0.15, 0.2) is 0 Å². The maximum absolute atomic E-state index is 12.2. The van der Waals surface area contributed by atoms with Crippen LogP contribution in [0, 0.1) is 0 Å². The van der Waals surface area contributed by atoms with E-state index in [0.717, 1.165) is 38.5 Å². The second-order valence-electron chi connectivity index (χ2n) is 9.03. The predicted molar refractivity (Wildman–Crippen MR) is 141 cm³/mol. The highest BCUT2D eigenvalue weighted by Crippen LogP contribution is 2.50. The molecule has 0 radical (unpaired) electrons. The van der Waals surface area contributed by atoms with E-state index >= 15 is 0 Å². The molecule has 0 saturated heterocycles. The lowest BCUT2D eigenvalue weighted by Crippen LogP contribution is -2.35. The highest BCUT2D eigenvalue weighted by atomic mass is 31.2. The van der Waals surface area contributed by atoms with Crippen molar-refractivity contribution in [3.63, 3.8) is 0 Å². The van der Waals surface area contributed by atoms with Crippen LogP contribution in [-0.2, 0) is 36.3 Å². The zero-order valence-electron chi connectivity index (χ0n) is 23.0. The van der Waals surface area contributed by atoms with Crippen LogP contribution < -0.4 is 0 Å². The molecule has 34 heavy (non-hydrogen) atoms. The second-order valence-corrected chi connectivity index (χ2v) is 15.2. The molecule has 0 heterocycles. The van der Waals surface area contributed by atoms with E-state index in [1.54, 1.807) is 0 Å². The minimum Gasteiger partial charge on any atom is -0.319 e. The molecular formula is C22H50NO8P3. The van der Waals surface area contributed by atoms with Gasteiger partial charge in [0, 0.05) is 40.5 Å². The average Bonchev–Trinajstić information content (AvgIpc) is 2.78. The lowest BCUT2D eigenvalue weighted by molar-refractivity contribution is 0.105. The molecule has 0 fully saturated rings. The van der Waals surface area contributed by atoms with Gasteiger partial charge in [-0.1, -0.05) is 12.8 Å². The van der Waals surface area contributed by atoms with Gasteiger partial charge in [0.15, 0.2) is 0 Å².